The number of hydrogen-bond acceptors (Lipinski definition) is 3. The largest absolute Gasteiger partial charge is 0.492 e. The standard InChI is InChI=1S/C13H17FN2O2.ClH/c14-10-3-1-4-11(9-10)18-8-7-16-13(17)12-5-2-6-15-12;/h1,3-4,9,12,15H,2,5-8H2,(H,16,17);1H. The molecular weight excluding hydrogens is 271 g/mol. The SMILES string of the molecule is Cl.O=C(NCCOc1cccc(F)c1)C1CCCN1. The number of carbonyl (C=O) groups is 1. The third-order valence-corrected chi connectivity index (χ3v) is 2.84. The van der Waals surface area contributed by atoms with Crippen molar-refractivity contribution in [1.82, 2.24) is 10.6 Å². The molecule has 0 bridgehead atoms. The second-order valence-electron chi connectivity index (χ2n) is 4.25. The summed E-state index contributed by atoms with van der Waals surface area (Å²) in [6, 6.07) is 5.88. The van der Waals surface area contributed by atoms with Gasteiger partial charge in [-0.3, -0.25) is 4.79 Å². The van der Waals surface area contributed by atoms with Gasteiger partial charge in [0, 0.05) is 6.07 Å². The third kappa shape index (κ3) is 5.04. The van der Waals surface area contributed by atoms with E-state index in [0.29, 0.717) is 18.9 Å². The molecule has 1 aliphatic heterocycles. The highest BCUT2D eigenvalue weighted by atomic mass is 35.5. The second-order valence-corrected chi connectivity index (χ2v) is 4.25. The van der Waals surface area contributed by atoms with Crippen molar-refractivity contribution in [3.63, 3.8) is 0 Å². The molecule has 2 rings (SSSR count). The lowest BCUT2D eigenvalue weighted by Crippen LogP contribution is -2.41. The van der Waals surface area contributed by atoms with Crippen LogP contribution in [0.5, 0.6) is 5.75 Å². The first-order chi connectivity index (χ1) is 8.75. The molecule has 1 unspecified atom stereocenters. The Morgan fingerprint density at radius 2 is 2.37 bits per heavy atom. The average Bonchev–Trinajstić information content (AvgIpc) is 2.88. The maximum absolute atomic E-state index is 12.9. The van der Waals surface area contributed by atoms with Crippen molar-refractivity contribution < 1.29 is 13.9 Å². The van der Waals surface area contributed by atoms with Crippen LogP contribution in [0.15, 0.2) is 24.3 Å². The molecule has 1 aromatic rings. The second kappa shape index (κ2) is 7.96. The molecule has 1 heterocycles. The predicted molar refractivity (Wildman–Crippen MR) is 73.2 cm³/mol. The maximum Gasteiger partial charge on any atom is 0.237 e. The molecule has 1 saturated heterocycles. The molecule has 19 heavy (non-hydrogen) atoms. The number of halogens is 2. The summed E-state index contributed by atoms with van der Waals surface area (Å²) in [4.78, 5) is 11.6. The van der Waals surface area contributed by atoms with E-state index in [1.54, 1.807) is 12.1 Å². The van der Waals surface area contributed by atoms with E-state index in [0.717, 1.165) is 19.4 Å². The number of carbonyl (C=O) groups excluding carboxylic acids is 1. The quantitative estimate of drug-likeness (QED) is 0.807. The number of rotatable bonds is 5. The summed E-state index contributed by atoms with van der Waals surface area (Å²) in [5, 5.41) is 5.91. The van der Waals surface area contributed by atoms with Crippen molar-refractivity contribution in [3.8, 4) is 5.75 Å². The van der Waals surface area contributed by atoms with Crippen molar-refractivity contribution in [3.05, 3.63) is 30.1 Å². The minimum Gasteiger partial charge on any atom is -0.492 e. The summed E-state index contributed by atoms with van der Waals surface area (Å²) in [5.41, 5.74) is 0. The van der Waals surface area contributed by atoms with Gasteiger partial charge in [-0.2, -0.15) is 0 Å². The first-order valence-corrected chi connectivity index (χ1v) is 6.15. The van der Waals surface area contributed by atoms with Crippen LogP contribution in [0.25, 0.3) is 0 Å². The Kier molecular flexibility index (Phi) is 6.59. The highest BCUT2D eigenvalue weighted by Crippen LogP contribution is 2.11. The van der Waals surface area contributed by atoms with E-state index in [1.165, 1.54) is 12.1 Å². The van der Waals surface area contributed by atoms with Gasteiger partial charge < -0.3 is 15.4 Å². The number of ether oxygens (including phenoxy) is 1. The van der Waals surface area contributed by atoms with Crippen LogP contribution in [0.4, 0.5) is 4.39 Å². The lowest BCUT2D eigenvalue weighted by atomic mass is 10.2. The van der Waals surface area contributed by atoms with E-state index in [1.807, 2.05) is 0 Å². The van der Waals surface area contributed by atoms with Crippen molar-refractivity contribution in [2.45, 2.75) is 18.9 Å². The number of benzene rings is 1. The topological polar surface area (TPSA) is 50.4 Å². The van der Waals surface area contributed by atoms with Crippen molar-refractivity contribution >= 4 is 18.3 Å². The molecule has 6 heteroatoms. The molecule has 0 aliphatic carbocycles. The molecule has 0 spiro atoms. The van der Waals surface area contributed by atoms with Gasteiger partial charge in [-0.15, -0.1) is 12.4 Å². The Morgan fingerprint density at radius 1 is 1.53 bits per heavy atom. The van der Waals surface area contributed by atoms with Crippen LogP contribution in [0.1, 0.15) is 12.8 Å². The number of nitrogens with one attached hydrogen (secondary N) is 2. The van der Waals surface area contributed by atoms with Crippen LogP contribution >= 0.6 is 12.4 Å². The van der Waals surface area contributed by atoms with E-state index in [4.69, 9.17) is 4.74 Å². The summed E-state index contributed by atoms with van der Waals surface area (Å²) in [7, 11) is 0. The monoisotopic (exact) mass is 288 g/mol. The lowest BCUT2D eigenvalue weighted by molar-refractivity contribution is -0.122. The molecule has 1 aliphatic rings. The molecule has 0 aromatic heterocycles. The van der Waals surface area contributed by atoms with Crippen LogP contribution in [-0.2, 0) is 4.79 Å². The van der Waals surface area contributed by atoms with Gasteiger partial charge in [0.25, 0.3) is 0 Å². The van der Waals surface area contributed by atoms with Gasteiger partial charge in [0.15, 0.2) is 0 Å². The Morgan fingerprint density at radius 3 is 3.05 bits per heavy atom. The minimum absolute atomic E-state index is 0. The van der Waals surface area contributed by atoms with Crippen LogP contribution < -0.4 is 15.4 Å². The molecule has 4 nitrogen and oxygen atoms in total. The van der Waals surface area contributed by atoms with Gasteiger partial charge in [0.2, 0.25) is 5.91 Å². The average molecular weight is 289 g/mol. The third-order valence-electron chi connectivity index (χ3n) is 2.84. The predicted octanol–water partition coefficient (Wildman–Crippen LogP) is 1.49. The van der Waals surface area contributed by atoms with Gasteiger partial charge in [-0.25, -0.2) is 4.39 Å². The lowest BCUT2D eigenvalue weighted by Gasteiger charge is -2.11. The normalized spacial score (nSPS) is 17.6. The first kappa shape index (κ1) is 15.7. The summed E-state index contributed by atoms with van der Waals surface area (Å²) >= 11 is 0. The molecule has 2 N–H and O–H groups in total. The molecule has 1 fully saturated rings. The maximum atomic E-state index is 12.9. The minimum atomic E-state index is -0.327. The number of hydrogen-bond donors (Lipinski definition) is 2. The number of amides is 1. The zero-order valence-corrected chi connectivity index (χ0v) is 11.3. The molecule has 1 atom stereocenters. The zero-order chi connectivity index (χ0) is 12.8. The summed E-state index contributed by atoms with van der Waals surface area (Å²) in [6.07, 6.45) is 1.93. The van der Waals surface area contributed by atoms with Gasteiger partial charge in [-0.1, -0.05) is 6.07 Å². The van der Waals surface area contributed by atoms with E-state index < -0.39 is 0 Å². The fourth-order valence-corrected chi connectivity index (χ4v) is 1.93. The zero-order valence-electron chi connectivity index (χ0n) is 10.5. The van der Waals surface area contributed by atoms with Gasteiger partial charge in [-0.05, 0) is 31.5 Å². The van der Waals surface area contributed by atoms with Crippen molar-refractivity contribution in [2.24, 2.45) is 0 Å². The summed E-state index contributed by atoms with van der Waals surface area (Å²) < 4.78 is 18.2. The fraction of sp³-hybridized carbons (Fsp3) is 0.462. The van der Waals surface area contributed by atoms with Crippen LogP contribution in [0.3, 0.4) is 0 Å². The van der Waals surface area contributed by atoms with Gasteiger partial charge in [0.05, 0.1) is 12.6 Å². The van der Waals surface area contributed by atoms with E-state index in [2.05, 4.69) is 10.6 Å². The van der Waals surface area contributed by atoms with Crippen molar-refractivity contribution in [2.75, 3.05) is 19.7 Å². The fourth-order valence-electron chi connectivity index (χ4n) is 1.93. The molecule has 1 aromatic carbocycles. The molecular formula is C13H18ClFN2O2. The molecule has 0 saturated carbocycles. The highest BCUT2D eigenvalue weighted by Gasteiger charge is 2.21. The highest BCUT2D eigenvalue weighted by molar-refractivity contribution is 5.85. The van der Waals surface area contributed by atoms with Crippen molar-refractivity contribution in [1.29, 1.82) is 0 Å². The van der Waals surface area contributed by atoms with Crippen LogP contribution in [0.2, 0.25) is 0 Å². The van der Waals surface area contributed by atoms with Crippen LogP contribution in [-0.4, -0.2) is 31.6 Å². The Hall–Kier alpha value is -1.33. The van der Waals surface area contributed by atoms with E-state index in [9.17, 15) is 9.18 Å². The van der Waals surface area contributed by atoms with E-state index in [-0.39, 0.29) is 30.2 Å². The summed E-state index contributed by atoms with van der Waals surface area (Å²) in [5.74, 6) is 0.158. The Labute approximate surface area is 118 Å². The molecule has 106 valence electrons. The summed E-state index contributed by atoms with van der Waals surface area (Å²) in [6.45, 7) is 1.66. The van der Waals surface area contributed by atoms with Crippen LogP contribution in [0, 0.1) is 5.82 Å². The van der Waals surface area contributed by atoms with Gasteiger partial charge in [0.1, 0.15) is 18.2 Å². The first-order valence-electron chi connectivity index (χ1n) is 6.15. The van der Waals surface area contributed by atoms with E-state index >= 15 is 0 Å². The Bertz CT molecular complexity index is 411. The molecule has 0 radical (unpaired) electrons. The van der Waals surface area contributed by atoms with Gasteiger partial charge >= 0.3 is 0 Å². The molecule has 1 amide bonds. The smallest absolute Gasteiger partial charge is 0.237 e. The Balaban J connectivity index is 0.00000180.